The third-order valence-electron chi connectivity index (χ3n) is 2.04. The van der Waals surface area contributed by atoms with E-state index in [2.05, 4.69) is 0 Å². The van der Waals surface area contributed by atoms with Crippen molar-refractivity contribution in [2.45, 2.75) is 20.5 Å². The zero-order chi connectivity index (χ0) is 11.1. The van der Waals surface area contributed by atoms with Gasteiger partial charge < -0.3 is 14.2 Å². The molecule has 0 fully saturated rings. The molecule has 0 saturated heterocycles. The summed E-state index contributed by atoms with van der Waals surface area (Å²) in [5.41, 5.74) is 1.06. The Balaban J connectivity index is 2.82. The summed E-state index contributed by atoms with van der Waals surface area (Å²) >= 11 is 0. The van der Waals surface area contributed by atoms with E-state index >= 15 is 0 Å². The Morgan fingerprint density at radius 3 is 2.53 bits per heavy atom. The maximum atomic E-state index is 5.52. The summed E-state index contributed by atoms with van der Waals surface area (Å²) < 4.78 is 16.0. The normalized spacial score (nSPS) is 10.1. The van der Waals surface area contributed by atoms with Gasteiger partial charge in [-0.05, 0) is 26.0 Å². The van der Waals surface area contributed by atoms with Crippen LogP contribution in [0.15, 0.2) is 18.2 Å². The molecule has 0 aliphatic heterocycles. The fourth-order valence-corrected chi connectivity index (χ4v) is 1.28. The Morgan fingerprint density at radius 1 is 1.13 bits per heavy atom. The first-order valence-electron chi connectivity index (χ1n) is 5.19. The van der Waals surface area contributed by atoms with Crippen LogP contribution in [-0.2, 0) is 11.3 Å². The molecule has 3 heteroatoms. The fourth-order valence-electron chi connectivity index (χ4n) is 1.28. The smallest absolute Gasteiger partial charge is 0.128 e. The average Bonchev–Trinajstić information content (AvgIpc) is 2.27. The molecule has 1 rings (SSSR count). The quantitative estimate of drug-likeness (QED) is 0.722. The Kier molecular flexibility index (Phi) is 4.98. The van der Waals surface area contributed by atoms with E-state index in [1.54, 1.807) is 7.11 Å². The maximum absolute atomic E-state index is 5.52. The first-order valence-corrected chi connectivity index (χ1v) is 5.19. The summed E-state index contributed by atoms with van der Waals surface area (Å²) in [7, 11) is 1.65. The van der Waals surface area contributed by atoms with Crippen molar-refractivity contribution in [3.63, 3.8) is 0 Å². The molecule has 0 aliphatic carbocycles. The molecule has 0 bridgehead atoms. The fraction of sp³-hybridized carbons (Fsp3) is 0.500. The van der Waals surface area contributed by atoms with Gasteiger partial charge in [0.25, 0.3) is 0 Å². The zero-order valence-corrected chi connectivity index (χ0v) is 9.58. The van der Waals surface area contributed by atoms with Crippen molar-refractivity contribution >= 4 is 0 Å². The predicted octanol–water partition coefficient (Wildman–Crippen LogP) is 2.63. The van der Waals surface area contributed by atoms with Gasteiger partial charge in [0.15, 0.2) is 0 Å². The number of hydrogen-bond acceptors (Lipinski definition) is 3. The van der Waals surface area contributed by atoms with Gasteiger partial charge in [0.05, 0.1) is 20.3 Å². The van der Waals surface area contributed by atoms with Gasteiger partial charge in [-0.25, -0.2) is 0 Å². The second kappa shape index (κ2) is 6.30. The molecule has 1 aromatic rings. The number of methoxy groups -OCH3 is 1. The Labute approximate surface area is 91.0 Å². The molecule has 3 nitrogen and oxygen atoms in total. The van der Waals surface area contributed by atoms with Crippen molar-refractivity contribution in [1.29, 1.82) is 0 Å². The molecule has 0 aliphatic rings. The molecule has 0 aromatic heterocycles. The topological polar surface area (TPSA) is 27.7 Å². The monoisotopic (exact) mass is 210 g/mol. The van der Waals surface area contributed by atoms with Crippen molar-refractivity contribution in [3.05, 3.63) is 23.8 Å². The molecule has 0 radical (unpaired) electrons. The van der Waals surface area contributed by atoms with Gasteiger partial charge in [-0.2, -0.15) is 0 Å². The van der Waals surface area contributed by atoms with Crippen molar-refractivity contribution in [3.8, 4) is 11.5 Å². The van der Waals surface area contributed by atoms with E-state index in [1.807, 2.05) is 32.0 Å². The summed E-state index contributed by atoms with van der Waals surface area (Å²) in [6.07, 6.45) is 0. The molecule has 84 valence electrons. The summed E-state index contributed by atoms with van der Waals surface area (Å²) in [6.45, 7) is 5.87. The largest absolute Gasteiger partial charge is 0.497 e. The highest BCUT2D eigenvalue weighted by Gasteiger charge is 2.05. The molecule has 1 aromatic carbocycles. The van der Waals surface area contributed by atoms with Crippen LogP contribution in [0, 0.1) is 0 Å². The van der Waals surface area contributed by atoms with Gasteiger partial charge in [-0.1, -0.05) is 0 Å². The van der Waals surface area contributed by atoms with E-state index in [9.17, 15) is 0 Å². The molecule has 0 saturated carbocycles. The molecule has 0 unspecified atom stereocenters. The summed E-state index contributed by atoms with van der Waals surface area (Å²) in [5.74, 6) is 1.64. The van der Waals surface area contributed by atoms with Crippen LogP contribution in [0.4, 0.5) is 0 Å². The van der Waals surface area contributed by atoms with E-state index in [0.717, 1.165) is 17.1 Å². The lowest BCUT2D eigenvalue weighted by Crippen LogP contribution is -1.99. The number of benzene rings is 1. The molecule has 0 atom stereocenters. The van der Waals surface area contributed by atoms with Crippen LogP contribution >= 0.6 is 0 Å². The van der Waals surface area contributed by atoms with Crippen LogP contribution in [0.2, 0.25) is 0 Å². The SMILES string of the molecule is CCOCc1ccc(OC)cc1OCC. The number of hydrogen-bond donors (Lipinski definition) is 0. The highest BCUT2D eigenvalue weighted by molar-refractivity contribution is 5.40. The second-order valence-electron chi connectivity index (χ2n) is 3.04. The van der Waals surface area contributed by atoms with E-state index in [1.165, 1.54) is 0 Å². The van der Waals surface area contributed by atoms with E-state index in [4.69, 9.17) is 14.2 Å². The Hall–Kier alpha value is -1.22. The lowest BCUT2D eigenvalue weighted by Gasteiger charge is -2.11. The molecular weight excluding hydrogens is 192 g/mol. The van der Waals surface area contributed by atoms with Crippen LogP contribution in [0.3, 0.4) is 0 Å². The Bertz CT molecular complexity index is 297. The standard InChI is InChI=1S/C12H18O3/c1-4-14-9-10-6-7-11(13-3)8-12(10)15-5-2/h6-8H,4-5,9H2,1-3H3. The van der Waals surface area contributed by atoms with Crippen LogP contribution in [0.5, 0.6) is 11.5 Å². The van der Waals surface area contributed by atoms with Crippen molar-refractivity contribution in [1.82, 2.24) is 0 Å². The van der Waals surface area contributed by atoms with Crippen LogP contribution in [-0.4, -0.2) is 20.3 Å². The lowest BCUT2D eigenvalue weighted by atomic mass is 10.2. The molecule has 0 N–H and O–H groups in total. The highest BCUT2D eigenvalue weighted by atomic mass is 16.5. The molecule has 0 amide bonds. The first kappa shape index (κ1) is 11.9. The molecule has 0 spiro atoms. The molecular formula is C12H18O3. The van der Waals surface area contributed by atoms with Crippen LogP contribution in [0.1, 0.15) is 19.4 Å². The van der Waals surface area contributed by atoms with Gasteiger partial charge in [0.1, 0.15) is 11.5 Å². The minimum Gasteiger partial charge on any atom is -0.497 e. The third kappa shape index (κ3) is 3.44. The number of ether oxygens (including phenoxy) is 3. The van der Waals surface area contributed by atoms with Gasteiger partial charge in [0.2, 0.25) is 0 Å². The molecule has 15 heavy (non-hydrogen) atoms. The zero-order valence-electron chi connectivity index (χ0n) is 9.58. The van der Waals surface area contributed by atoms with Gasteiger partial charge in [-0.3, -0.25) is 0 Å². The van der Waals surface area contributed by atoms with Crippen molar-refractivity contribution in [2.75, 3.05) is 20.3 Å². The minimum absolute atomic E-state index is 0.579. The summed E-state index contributed by atoms with van der Waals surface area (Å²) in [5, 5.41) is 0. The highest BCUT2D eigenvalue weighted by Crippen LogP contribution is 2.25. The average molecular weight is 210 g/mol. The van der Waals surface area contributed by atoms with E-state index < -0.39 is 0 Å². The maximum Gasteiger partial charge on any atom is 0.128 e. The van der Waals surface area contributed by atoms with Crippen molar-refractivity contribution in [2.24, 2.45) is 0 Å². The second-order valence-corrected chi connectivity index (χ2v) is 3.04. The Morgan fingerprint density at radius 2 is 1.93 bits per heavy atom. The minimum atomic E-state index is 0.579. The summed E-state index contributed by atoms with van der Waals surface area (Å²) in [4.78, 5) is 0. The van der Waals surface area contributed by atoms with Gasteiger partial charge in [-0.15, -0.1) is 0 Å². The van der Waals surface area contributed by atoms with Crippen LogP contribution < -0.4 is 9.47 Å². The lowest BCUT2D eigenvalue weighted by molar-refractivity contribution is 0.131. The number of rotatable bonds is 6. The van der Waals surface area contributed by atoms with Crippen LogP contribution in [0.25, 0.3) is 0 Å². The third-order valence-corrected chi connectivity index (χ3v) is 2.04. The first-order chi connectivity index (χ1) is 7.31. The van der Waals surface area contributed by atoms with Gasteiger partial charge >= 0.3 is 0 Å². The predicted molar refractivity (Wildman–Crippen MR) is 59.5 cm³/mol. The summed E-state index contributed by atoms with van der Waals surface area (Å²) in [6, 6.07) is 5.77. The van der Waals surface area contributed by atoms with E-state index in [0.29, 0.717) is 19.8 Å². The van der Waals surface area contributed by atoms with Crippen molar-refractivity contribution < 1.29 is 14.2 Å². The van der Waals surface area contributed by atoms with Gasteiger partial charge in [0, 0.05) is 18.2 Å². The molecule has 0 heterocycles. The van der Waals surface area contributed by atoms with E-state index in [-0.39, 0.29) is 0 Å².